The van der Waals surface area contributed by atoms with Crippen molar-refractivity contribution in [3.05, 3.63) is 63.3 Å². The summed E-state index contributed by atoms with van der Waals surface area (Å²) in [6.45, 7) is 7.51. The normalized spacial score (nSPS) is 15.6. The van der Waals surface area contributed by atoms with E-state index in [0.717, 1.165) is 0 Å². The number of Topliss-reactive ketones (excluding diaryl/α,β-unsaturated/α-hetero) is 1. The number of amides is 1. The molecule has 1 heterocycles. The molecule has 0 aliphatic heterocycles. The smallest absolute Gasteiger partial charge is 0.268 e. The van der Waals surface area contributed by atoms with Gasteiger partial charge in [-0.15, -0.1) is 0 Å². The van der Waals surface area contributed by atoms with Crippen LogP contribution in [0.2, 0.25) is 0 Å². The SMILES string of the molecule is CC(C)NC(=O)c1c2c(cn(-c3ccc(F)cc3)c1=O)C(=O)CC(C)(C)C2. The topological polar surface area (TPSA) is 68.2 Å². The second-order valence-corrected chi connectivity index (χ2v) is 8.12. The van der Waals surface area contributed by atoms with Crippen LogP contribution >= 0.6 is 0 Å². The molecule has 1 aliphatic carbocycles. The van der Waals surface area contributed by atoms with E-state index in [4.69, 9.17) is 0 Å². The summed E-state index contributed by atoms with van der Waals surface area (Å²) in [6.07, 6.45) is 2.29. The monoisotopic (exact) mass is 370 g/mol. The summed E-state index contributed by atoms with van der Waals surface area (Å²) in [4.78, 5) is 38.7. The van der Waals surface area contributed by atoms with Crippen molar-refractivity contribution < 1.29 is 14.0 Å². The number of hydrogen-bond acceptors (Lipinski definition) is 3. The average Bonchev–Trinajstić information content (AvgIpc) is 2.53. The number of nitrogens with one attached hydrogen (secondary N) is 1. The van der Waals surface area contributed by atoms with Crippen LogP contribution in [0.1, 0.15) is 60.4 Å². The maximum absolute atomic E-state index is 13.3. The number of nitrogens with zero attached hydrogens (tertiary/aromatic N) is 1. The highest BCUT2D eigenvalue weighted by Crippen LogP contribution is 2.35. The quantitative estimate of drug-likeness (QED) is 0.902. The highest BCUT2D eigenvalue weighted by atomic mass is 19.1. The minimum atomic E-state index is -0.510. The Morgan fingerprint density at radius 2 is 1.78 bits per heavy atom. The Morgan fingerprint density at radius 1 is 1.15 bits per heavy atom. The number of carbonyl (C=O) groups excluding carboxylic acids is 2. The minimum absolute atomic E-state index is 0.00773. The first-order valence-corrected chi connectivity index (χ1v) is 8.97. The first-order valence-electron chi connectivity index (χ1n) is 8.97. The molecule has 0 atom stereocenters. The van der Waals surface area contributed by atoms with Gasteiger partial charge < -0.3 is 5.32 Å². The van der Waals surface area contributed by atoms with Gasteiger partial charge in [0, 0.05) is 29.9 Å². The molecular weight excluding hydrogens is 347 g/mol. The van der Waals surface area contributed by atoms with Gasteiger partial charge in [0.1, 0.15) is 11.4 Å². The number of ketones is 1. The highest BCUT2D eigenvalue weighted by molar-refractivity contribution is 6.04. The highest BCUT2D eigenvalue weighted by Gasteiger charge is 2.36. The number of carbonyl (C=O) groups is 2. The molecule has 142 valence electrons. The minimum Gasteiger partial charge on any atom is -0.350 e. The fourth-order valence-corrected chi connectivity index (χ4v) is 3.51. The van der Waals surface area contributed by atoms with E-state index in [1.54, 1.807) is 13.8 Å². The largest absolute Gasteiger partial charge is 0.350 e. The zero-order valence-electron chi connectivity index (χ0n) is 15.9. The molecule has 3 rings (SSSR count). The molecule has 0 unspecified atom stereocenters. The second kappa shape index (κ2) is 6.76. The number of aromatic nitrogens is 1. The van der Waals surface area contributed by atoms with Gasteiger partial charge >= 0.3 is 0 Å². The fourth-order valence-electron chi connectivity index (χ4n) is 3.51. The van der Waals surface area contributed by atoms with Crippen molar-refractivity contribution in [2.45, 2.75) is 46.6 Å². The maximum Gasteiger partial charge on any atom is 0.268 e. The molecule has 0 radical (unpaired) electrons. The van der Waals surface area contributed by atoms with E-state index in [2.05, 4.69) is 5.32 Å². The summed E-state index contributed by atoms with van der Waals surface area (Å²) < 4.78 is 14.5. The van der Waals surface area contributed by atoms with Crippen molar-refractivity contribution in [1.82, 2.24) is 9.88 Å². The van der Waals surface area contributed by atoms with Crippen molar-refractivity contribution in [3.63, 3.8) is 0 Å². The third-order valence-corrected chi connectivity index (χ3v) is 4.66. The van der Waals surface area contributed by atoms with E-state index in [1.165, 1.54) is 35.0 Å². The van der Waals surface area contributed by atoms with E-state index >= 15 is 0 Å². The van der Waals surface area contributed by atoms with Gasteiger partial charge in [-0.05, 0) is 55.5 Å². The summed E-state index contributed by atoms with van der Waals surface area (Å²) in [5, 5.41) is 2.76. The Balaban J connectivity index is 2.29. The molecule has 27 heavy (non-hydrogen) atoms. The zero-order valence-corrected chi connectivity index (χ0v) is 15.9. The summed E-state index contributed by atoms with van der Waals surface area (Å²) in [7, 11) is 0. The number of rotatable bonds is 3. The van der Waals surface area contributed by atoms with E-state index in [0.29, 0.717) is 29.7 Å². The van der Waals surface area contributed by atoms with E-state index in [9.17, 15) is 18.8 Å². The standard InChI is InChI=1S/C21H23FN2O3/c1-12(2)23-19(26)18-15-9-21(3,4)10-17(25)16(15)11-24(20(18)27)14-7-5-13(22)6-8-14/h5-8,11-12H,9-10H2,1-4H3,(H,23,26). The molecule has 0 spiro atoms. The van der Waals surface area contributed by atoms with E-state index in [-0.39, 0.29) is 22.8 Å². The van der Waals surface area contributed by atoms with Gasteiger partial charge in [-0.3, -0.25) is 19.0 Å². The third-order valence-electron chi connectivity index (χ3n) is 4.66. The van der Waals surface area contributed by atoms with Gasteiger partial charge in [-0.2, -0.15) is 0 Å². The first kappa shape index (κ1) is 19.0. The predicted molar refractivity (Wildman–Crippen MR) is 101 cm³/mol. The molecular formula is C21H23FN2O3. The molecule has 2 aromatic rings. The molecule has 0 saturated carbocycles. The predicted octanol–water partition coefficient (Wildman–Crippen LogP) is 3.27. The van der Waals surface area contributed by atoms with Crippen LogP contribution in [0.15, 0.2) is 35.3 Å². The molecule has 0 fully saturated rings. The van der Waals surface area contributed by atoms with Crippen molar-refractivity contribution in [1.29, 1.82) is 0 Å². The maximum atomic E-state index is 13.3. The molecule has 1 aliphatic rings. The Hall–Kier alpha value is -2.76. The lowest BCUT2D eigenvalue weighted by atomic mass is 9.73. The lowest BCUT2D eigenvalue weighted by Gasteiger charge is -2.31. The van der Waals surface area contributed by atoms with E-state index < -0.39 is 17.3 Å². The van der Waals surface area contributed by atoms with Crippen LogP contribution in [0.25, 0.3) is 5.69 Å². The van der Waals surface area contributed by atoms with Crippen molar-refractivity contribution in [3.8, 4) is 5.69 Å². The molecule has 1 aromatic carbocycles. The van der Waals surface area contributed by atoms with E-state index in [1.807, 2.05) is 13.8 Å². The van der Waals surface area contributed by atoms with Crippen LogP contribution in [-0.2, 0) is 6.42 Å². The third kappa shape index (κ3) is 3.70. The van der Waals surface area contributed by atoms with Crippen LogP contribution < -0.4 is 10.9 Å². The number of pyridine rings is 1. The van der Waals surface area contributed by atoms with Gasteiger partial charge in [-0.1, -0.05) is 13.8 Å². The average molecular weight is 370 g/mol. The summed E-state index contributed by atoms with van der Waals surface area (Å²) in [5.41, 5.74) is 0.437. The Bertz CT molecular complexity index is 972. The first-order chi connectivity index (χ1) is 12.6. The number of fused-ring (bicyclic) bond motifs is 1. The Morgan fingerprint density at radius 3 is 2.37 bits per heavy atom. The fraction of sp³-hybridized carbons (Fsp3) is 0.381. The van der Waals surface area contributed by atoms with Gasteiger partial charge in [0.25, 0.3) is 11.5 Å². The molecule has 0 bridgehead atoms. The molecule has 5 nitrogen and oxygen atoms in total. The van der Waals surface area contributed by atoms with Crippen LogP contribution in [-0.4, -0.2) is 22.3 Å². The van der Waals surface area contributed by atoms with Gasteiger partial charge in [-0.25, -0.2) is 4.39 Å². The van der Waals surface area contributed by atoms with Crippen molar-refractivity contribution >= 4 is 11.7 Å². The number of hydrogen-bond donors (Lipinski definition) is 1. The second-order valence-electron chi connectivity index (χ2n) is 8.12. The summed E-state index contributed by atoms with van der Waals surface area (Å²) in [6, 6.07) is 5.22. The van der Waals surface area contributed by atoms with Gasteiger partial charge in [0.15, 0.2) is 5.78 Å². The summed E-state index contributed by atoms with van der Waals surface area (Å²) in [5.74, 6) is -1.02. The van der Waals surface area contributed by atoms with Crippen LogP contribution in [0.4, 0.5) is 4.39 Å². The van der Waals surface area contributed by atoms with Crippen molar-refractivity contribution in [2.24, 2.45) is 5.41 Å². The lowest BCUT2D eigenvalue weighted by Crippen LogP contribution is -2.40. The Labute approximate surface area is 157 Å². The van der Waals surface area contributed by atoms with Gasteiger partial charge in [0.2, 0.25) is 0 Å². The Kier molecular flexibility index (Phi) is 4.76. The molecule has 6 heteroatoms. The molecule has 1 N–H and O–H groups in total. The summed E-state index contributed by atoms with van der Waals surface area (Å²) >= 11 is 0. The van der Waals surface area contributed by atoms with Crippen LogP contribution in [0.5, 0.6) is 0 Å². The van der Waals surface area contributed by atoms with Crippen LogP contribution in [0, 0.1) is 11.2 Å². The van der Waals surface area contributed by atoms with Gasteiger partial charge in [0.05, 0.1) is 0 Å². The number of halogens is 1. The number of benzene rings is 1. The molecule has 1 aromatic heterocycles. The van der Waals surface area contributed by atoms with Crippen molar-refractivity contribution in [2.75, 3.05) is 0 Å². The molecule has 0 saturated heterocycles. The zero-order chi connectivity index (χ0) is 19.9. The van der Waals surface area contributed by atoms with Crippen LogP contribution in [0.3, 0.4) is 0 Å². The lowest BCUT2D eigenvalue weighted by molar-refractivity contribution is 0.0908. The molecule has 1 amide bonds.